The zero-order valence-corrected chi connectivity index (χ0v) is 21.8. The van der Waals surface area contributed by atoms with E-state index in [9.17, 15) is 23.5 Å². The van der Waals surface area contributed by atoms with Crippen molar-refractivity contribution in [1.29, 1.82) is 0 Å². The minimum atomic E-state index is -1.06. The van der Waals surface area contributed by atoms with Gasteiger partial charge in [-0.25, -0.2) is 13.8 Å². The summed E-state index contributed by atoms with van der Waals surface area (Å²) in [6.07, 6.45) is 3.35. The first-order valence-corrected chi connectivity index (χ1v) is 12.7. The third-order valence-electron chi connectivity index (χ3n) is 5.97. The molecule has 0 aliphatic rings. The number of rotatable bonds is 13. The molecular weight excluding hydrogens is 494 g/mol. The monoisotopic (exact) mass is 528 g/mol. The quantitative estimate of drug-likeness (QED) is 0.312. The summed E-state index contributed by atoms with van der Waals surface area (Å²) in [5.41, 5.74) is 1.18. The highest BCUT2D eigenvalue weighted by molar-refractivity contribution is 6.01. The van der Waals surface area contributed by atoms with Crippen molar-refractivity contribution in [1.82, 2.24) is 20.5 Å². The highest BCUT2D eigenvalue weighted by Gasteiger charge is 2.25. The fourth-order valence-electron chi connectivity index (χ4n) is 4.28. The predicted molar refractivity (Wildman–Crippen MR) is 140 cm³/mol. The van der Waals surface area contributed by atoms with Crippen molar-refractivity contribution in [2.75, 3.05) is 26.7 Å². The van der Waals surface area contributed by atoms with E-state index in [1.54, 1.807) is 24.1 Å². The highest BCUT2D eigenvalue weighted by atomic mass is 19.1. The van der Waals surface area contributed by atoms with Crippen LogP contribution in [0.4, 0.5) is 8.78 Å². The molecule has 1 aromatic heterocycles. The molecule has 3 aromatic rings. The van der Waals surface area contributed by atoms with Crippen molar-refractivity contribution in [3.63, 3.8) is 0 Å². The number of nitrogens with zero attached hydrogens (tertiary/aromatic N) is 2. The Labute approximate surface area is 221 Å². The Balaban J connectivity index is 1.96. The van der Waals surface area contributed by atoms with Crippen molar-refractivity contribution in [2.24, 2.45) is 0 Å². The lowest BCUT2D eigenvalue weighted by atomic mass is 9.99. The van der Waals surface area contributed by atoms with Crippen LogP contribution in [0.15, 0.2) is 53.3 Å². The zero-order valence-electron chi connectivity index (χ0n) is 21.8. The van der Waals surface area contributed by atoms with Crippen LogP contribution < -0.4 is 10.6 Å². The summed E-state index contributed by atoms with van der Waals surface area (Å²) < 4.78 is 33.0. The molecule has 2 unspecified atom stereocenters. The second-order valence-electron chi connectivity index (χ2n) is 9.12. The van der Waals surface area contributed by atoms with Gasteiger partial charge in [0.2, 0.25) is 5.89 Å². The standard InChI is InChI=1S/C28H34F2N4O4/c1-4-7-34(8-5-2)28(37)21-14-19(13-20(15-21)27-32-6-9-38-27)26(36)33-24(25(35)17-31-3)12-18-10-22(29)16-23(30)11-18/h6,9-11,13-16,24-25,31,35H,4-5,7-8,12,17H2,1-3H3,(H,33,36). The number of likely N-dealkylation sites (N-methyl/N-ethyl adjacent to an activating group) is 1. The number of hydrogen-bond donors (Lipinski definition) is 3. The number of hydrogen-bond acceptors (Lipinski definition) is 6. The Bertz CT molecular complexity index is 1190. The number of benzene rings is 2. The van der Waals surface area contributed by atoms with Crippen LogP contribution >= 0.6 is 0 Å². The van der Waals surface area contributed by atoms with Gasteiger partial charge in [0.25, 0.3) is 11.8 Å². The van der Waals surface area contributed by atoms with E-state index in [0.717, 1.165) is 31.0 Å². The number of amides is 2. The first-order valence-electron chi connectivity index (χ1n) is 12.7. The smallest absolute Gasteiger partial charge is 0.253 e. The third-order valence-corrected chi connectivity index (χ3v) is 5.97. The lowest BCUT2D eigenvalue weighted by molar-refractivity contribution is 0.0755. The van der Waals surface area contributed by atoms with Crippen molar-refractivity contribution in [3.05, 3.63) is 77.2 Å². The van der Waals surface area contributed by atoms with Gasteiger partial charge in [-0.3, -0.25) is 9.59 Å². The second-order valence-corrected chi connectivity index (χ2v) is 9.12. The van der Waals surface area contributed by atoms with Gasteiger partial charge in [0.05, 0.1) is 18.3 Å². The summed E-state index contributed by atoms with van der Waals surface area (Å²) in [6.45, 7) is 5.24. The molecule has 10 heteroatoms. The zero-order chi connectivity index (χ0) is 27.7. The Morgan fingerprint density at radius 1 is 1.03 bits per heavy atom. The molecule has 0 fully saturated rings. The van der Waals surface area contributed by atoms with Crippen LogP contribution in [0.25, 0.3) is 11.5 Å². The van der Waals surface area contributed by atoms with Crippen LogP contribution in [0.1, 0.15) is 53.0 Å². The Hall–Kier alpha value is -3.63. The molecule has 1 heterocycles. The predicted octanol–water partition coefficient (Wildman–Crippen LogP) is 3.80. The van der Waals surface area contributed by atoms with Gasteiger partial charge in [-0.2, -0.15) is 0 Å². The van der Waals surface area contributed by atoms with Crippen LogP contribution in [-0.4, -0.2) is 65.6 Å². The van der Waals surface area contributed by atoms with E-state index < -0.39 is 29.7 Å². The minimum absolute atomic E-state index is 0.0186. The molecule has 38 heavy (non-hydrogen) atoms. The molecule has 0 bridgehead atoms. The number of aliphatic hydroxyl groups excluding tert-OH is 1. The molecule has 0 aliphatic carbocycles. The molecule has 0 saturated carbocycles. The molecule has 3 N–H and O–H groups in total. The molecule has 3 rings (SSSR count). The summed E-state index contributed by atoms with van der Waals surface area (Å²) in [5, 5.41) is 16.3. The average Bonchev–Trinajstić information content (AvgIpc) is 3.42. The van der Waals surface area contributed by atoms with Gasteiger partial charge in [0.15, 0.2) is 0 Å². The van der Waals surface area contributed by atoms with Crippen LogP contribution in [-0.2, 0) is 6.42 Å². The molecule has 0 saturated heterocycles. The summed E-state index contributed by atoms with van der Waals surface area (Å²) in [4.78, 5) is 32.7. The fourth-order valence-corrected chi connectivity index (χ4v) is 4.28. The third kappa shape index (κ3) is 7.69. The number of nitrogens with one attached hydrogen (secondary N) is 2. The number of carbonyl (C=O) groups is 2. The van der Waals surface area contributed by atoms with Gasteiger partial charge in [0.1, 0.15) is 17.9 Å². The van der Waals surface area contributed by atoms with Crippen molar-refractivity contribution in [3.8, 4) is 11.5 Å². The first kappa shape index (κ1) is 28.9. The summed E-state index contributed by atoms with van der Waals surface area (Å²) in [7, 11) is 1.64. The van der Waals surface area contributed by atoms with E-state index in [0.29, 0.717) is 24.2 Å². The SMILES string of the molecule is CCCN(CCC)C(=O)c1cc(C(=O)NC(Cc2cc(F)cc(F)c2)C(O)CNC)cc(-c2ncco2)c1. The minimum Gasteiger partial charge on any atom is -0.445 e. The Morgan fingerprint density at radius 2 is 1.68 bits per heavy atom. The van der Waals surface area contributed by atoms with Crippen molar-refractivity contribution in [2.45, 2.75) is 45.3 Å². The van der Waals surface area contributed by atoms with E-state index in [1.807, 2.05) is 13.8 Å². The van der Waals surface area contributed by atoms with Crippen LogP contribution in [0.5, 0.6) is 0 Å². The summed E-state index contributed by atoms with van der Waals surface area (Å²) in [5.74, 6) is -2.05. The van der Waals surface area contributed by atoms with Gasteiger partial charge >= 0.3 is 0 Å². The number of aliphatic hydroxyl groups is 1. The summed E-state index contributed by atoms with van der Waals surface area (Å²) in [6, 6.07) is 6.86. The van der Waals surface area contributed by atoms with Crippen LogP contribution in [0.3, 0.4) is 0 Å². The largest absolute Gasteiger partial charge is 0.445 e. The lowest BCUT2D eigenvalue weighted by Gasteiger charge is -2.25. The maximum atomic E-state index is 13.8. The van der Waals surface area contributed by atoms with Gasteiger partial charge in [0, 0.05) is 42.4 Å². The average molecular weight is 529 g/mol. The topological polar surface area (TPSA) is 108 Å². The maximum absolute atomic E-state index is 13.8. The second kappa shape index (κ2) is 13.8. The lowest BCUT2D eigenvalue weighted by Crippen LogP contribution is -2.48. The fraction of sp³-hybridized carbons (Fsp3) is 0.393. The van der Waals surface area contributed by atoms with E-state index in [-0.39, 0.29) is 35.9 Å². The number of halogens is 2. The highest BCUT2D eigenvalue weighted by Crippen LogP contribution is 2.23. The molecule has 0 aliphatic heterocycles. The van der Waals surface area contributed by atoms with Crippen molar-refractivity contribution < 1.29 is 27.9 Å². The molecule has 2 atom stereocenters. The van der Waals surface area contributed by atoms with E-state index in [1.165, 1.54) is 18.5 Å². The number of oxazole rings is 1. The first-order chi connectivity index (χ1) is 18.2. The molecule has 2 aromatic carbocycles. The maximum Gasteiger partial charge on any atom is 0.253 e. The van der Waals surface area contributed by atoms with Crippen LogP contribution in [0.2, 0.25) is 0 Å². The number of carbonyl (C=O) groups excluding carboxylic acids is 2. The van der Waals surface area contributed by atoms with E-state index >= 15 is 0 Å². The molecule has 8 nitrogen and oxygen atoms in total. The van der Waals surface area contributed by atoms with Crippen molar-refractivity contribution >= 4 is 11.8 Å². The number of aromatic nitrogens is 1. The molecule has 0 spiro atoms. The molecule has 204 valence electrons. The van der Waals surface area contributed by atoms with Gasteiger partial charge in [-0.05, 0) is 62.2 Å². The molecule has 2 amide bonds. The van der Waals surface area contributed by atoms with Gasteiger partial charge in [-0.1, -0.05) is 13.8 Å². The van der Waals surface area contributed by atoms with Gasteiger partial charge in [-0.15, -0.1) is 0 Å². The van der Waals surface area contributed by atoms with E-state index in [4.69, 9.17) is 4.42 Å². The normalized spacial score (nSPS) is 12.7. The summed E-state index contributed by atoms with van der Waals surface area (Å²) >= 11 is 0. The van der Waals surface area contributed by atoms with Gasteiger partial charge < -0.3 is 25.1 Å². The van der Waals surface area contributed by atoms with Crippen LogP contribution in [0, 0.1) is 11.6 Å². The molecule has 0 radical (unpaired) electrons. The molecular formula is C28H34F2N4O4. The van der Waals surface area contributed by atoms with E-state index in [2.05, 4.69) is 15.6 Å². The Morgan fingerprint density at radius 3 is 2.26 bits per heavy atom. The Kier molecular flexibility index (Phi) is 10.5.